The second kappa shape index (κ2) is 8.95. The molecule has 0 saturated carbocycles. The van der Waals surface area contributed by atoms with Crippen LogP contribution in [0, 0.1) is 0 Å². The number of benzene rings is 1. The fraction of sp³-hybridized carbons (Fsp3) is 0.533. The number of ether oxygens (including phenoxy) is 1. The number of rotatable bonds is 5. The lowest BCUT2D eigenvalue weighted by Crippen LogP contribution is -2.25. The topological polar surface area (TPSA) is 50.4 Å². The van der Waals surface area contributed by atoms with E-state index < -0.39 is 0 Å². The summed E-state index contributed by atoms with van der Waals surface area (Å²) >= 11 is 0. The van der Waals surface area contributed by atoms with Crippen molar-refractivity contribution in [2.24, 2.45) is 0 Å². The van der Waals surface area contributed by atoms with Crippen molar-refractivity contribution in [3.8, 4) is 0 Å². The summed E-state index contributed by atoms with van der Waals surface area (Å²) in [6.07, 6.45) is 3.82. The van der Waals surface area contributed by atoms with Gasteiger partial charge in [0, 0.05) is 18.8 Å². The minimum Gasteiger partial charge on any atom is -0.378 e. The van der Waals surface area contributed by atoms with Gasteiger partial charge in [0.25, 0.3) is 0 Å². The molecule has 5 heteroatoms. The molecule has 0 radical (unpaired) electrons. The number of carbonyl (C=O) groups excluding carboxylic acids is 1. The zero-order valence-corrected chi connectivity index (χ0v) is 12.7. The molecule has 1 fully saturated rings. The van der Waals surface area contributed by atoms with Crippen molar-refractivity contribution in [2.45, 2.75) is 38.3 Å². The second-order valence-corrected chi connectivity index (χ2v) is 4.97. The van der Waals surface area contributed by atoms with Crippen molar-refractivity contribution >= 4 is 24.0 Å². The average Bonchev–Trinajstić information content (AvgIpc) is 2.40. The SMILES string of the molecule is CNCc1cccc(NC(=O)CC2CCCCO2)c1.Cl. The summed E-state index contributed by atoms with van der Waals surface area (Å²) in [7, 11) is 1.91. The number of nitrogens with one attached hydrogen (secondary N) is 2. The molecule has 1 atom stereocenters. The molecule has 1 aromatic rings. The number of carbonyl (C=O) groups is 1. The molecule has 1 aliphatic rings. The largest absolute Gasteiger partial charge is 0.378 e. The van der Waals surface area contributed by atoms with Gasteiger partial charge in [-0.25, -0.2) is 0 Å². The summed E-state index contributed by atoms with van der Waals surface area (Å²) < 4.78 is 5.58. The molecule has 1 unspecified atom stereocenters. The van der Waals surface area contributed by atoms with Gasteiger partial charge < -0.3 is 15.4 Å². The number of anilines is 1. The minimum atomic E-state index is 0. The van der Waals surface area contributed by atoms with Crippen LogP contribution in [0.5, 0.6) is 0 Å². The number of halogens is 1. The molecule has 1 aliphatic heterocycles. The fourth-order valence-electron chi connectivity index (χ4n) is 2.35. The smallest absolute Gasteiger partial charge is 0.226 e. The molecule has 2 rings (SSSR count). The Hall–Kier alpha value is -1.10. The Morgan fingerprint density at radius 3 is 2.95 bits per heavy atom. The Balaban J connectivity index is 0.00000200. The molecule has 4 nitrogen and oxygen atoms in total. The van der Waals surface area contributed by atoms with Crippen molar-refractivity contribution in [1.82, 2.24) is 5.32 Å². The van der Waals surface area contributed by atoms with Gasteiger partial charge >= 0.3 is 0 Å². The highest BCUT2D eigenvalue weighted by atomic mass is 35.5. The second-order valence-electron chi connectivity index (χ2n) is 4.97. The van der Waals surface area contributed by atoms with E-state index in [0.29, 0.717) is 6.42 Å². The molecule has 1 heterocycles. The minimum absolute atomic E-state index is 0. The van der Waals surface area contributed by atoms with E-state index in [4.69, 9.17) is 4.74 Å². The van der Waals surface area contributed by atoms with E-state index in [1.54, 1.807) is 0 Å². The molecule has 2 N–H and O–H groups in total. The summed E-state index contributed by atoms with van der Waals surface area (Å²) in [6.45, 7) is 1.59. The van der Waals surface area contributed by atoms with Crippen LogP contribution in [0.4, 0.5) is 5.69 Å². The quantitative estimate of drug-likeness (QED) is 0.879. The van der Waals surface area contributed by atoms with Crippen LogP contribution in [0.15, 0.2) is 24.3 Å². The zero-order chi connectivity index (χ0) is 13.5. The van der Waals surface area contributed by atoms with E-state index in [-0.39, 0.29) is 24.4 Å². The lowest BCUT2D eigenvalue weighted by molar-refractivity contribution is -0.119. The molecule has 0 aromatic heterocycles. The van der Waals surface area contributed by atoms with Crippen LogP contribution in [0.1, 0.15) is 31.2 Å². The lowest BCUT2D eigenvalue weighted by atomic mass is 10.1. The molecule has 1 aromatic carbocycles. The van der Waals surface area contributed by atoms with Crippen molar-refractivity contribution in [3.05, 3.63) is 29.8 Å². The third kappa shape index (κ3) is 5.49. The van der Waals surface area contributed by atoms with Crippen LogP contribution in [0.3, 0.4) is 0 Å². The van der Waals surface area contributed by atoms with Crippen LogP contribution in [-0.4, -0.2) is 25.7 Å². The molecule has 1 amide bonds. The van der Waals surface area contributed by atoms with Gasteiger partial charge in [-0.3, -0.25) is 4.79 Å². The number of hydrogen-bond donors (Lipinski definition) is 2. The van der Waals surface area contributed by atoms with Gasteiger partial charge in [0.2, 0.25) is 5.91 Å². The first-order chi connectivity index (χ1) is 9.28. The molecule has 0 bridgehead atoms. The van der Waals surface area contributed by atoms with Crippen molar-refractivity contribution in [3.63, 3.8) is 0 Å². The van der Waals surface area contributed by atoms with Gasteiger partial charge in [0.15, 0.2) is 0 Å². The predicted molar refractivity (Wildman–Crippen MR) is 83.3 cm³/mol. The molecule has 1 saturated heterocycles. The van der Waals surface area contributed by atoms with Gasteiger partial charge in [-0.1, -0.05) is 12.1 Å². The van der Waals surface area contributed by atoms with Crippen LogP contribution < -0.4 is 10.6 Å². The fourth-order valence-corrected chi connectivity index (χ4v) is 2.35. The van der Waals surface area contributed by atoms with Gasteiger partial charge in [-0.05, 0) is 44.0 Å². The molecule has 20 heavy (non-hydrogen) atoms. The van der Waals surface area contributed by atoms with Gasteiger partial charge in [0.1, 0.15) is 0 Å². The molecule has 112 valence electrons. The first-order valence-corrected chi connectivity index (χ1v) is 6.93. The van der Waals surface area contributed by atoms with Crippen molar-refractivity contribution in [1.29, 1.82) is 0 Å². The highest BCUT2D eigenvalue weighted by molar-refractivity contribution is 5.91. The Kier molecular flexibility index (Phi) is 7.59. The first kappa shape index (κ1) is 17.0. The molecular weight excluding hydrogens is 276 g/mol. The molecule has 0 aliphatic carbocycles. The normalized spacial score (nSPS) is 18.1. The van der Waals surface area contributed by atoms with Crippen LogP contribution in [0.2, 0.25) is 0 Å². The van der Waals surface area contributed by atoms with Crippen LogP contribution in [-0.2, 0) is 16.1 Å². The Morgan fingerprint density at radius 2 is 2.25 bits per heavy atom. The average molecular weight is 299 g/mol. The van der Waals surface area contributed by atoms with E-state index in [0.717, 1.165) is 43.7 Å². The van der Waals surface area contributed by atoms with Gasteiger partial charge in [-0.15, -0.1) is 12.4 Å². The highest BCUT2D eigenvalue weighted by Crippen LogP contribution is 2.17. The number of amides is 1. The summed E-state index contributed by atoms with van der Waals surface area (Å²) in [4.78, 5) is 11.9. The van der Waals surface area contributed by atoms with Gasteiger partial charge in [-0.2, -0.15) is 0 Å². The standard InChI is InChI=1S/C15H22N2O2.ClH/c1-16-11-12-5-4-6-13(9-12)17-15(18)10-14-7-2-3-8-19-14;/h4-6,9,14,16H,2-3,7-8,10-11H2,1H3,(H,17,18);1H. The summed E-state index contributed by atoms with van der Waals surface area (Å²) in [5, 5.41) is 6.04. The lowest BCUT2D eigenvalue weighted by Gasteiger charge is -2.22. The monoisotopic (exact) mass is 298 g/mol. The first-order valence-electron chi connectivity index (χ1n) is 6.93. The van der Waals surface area contributed by atoms with Crippen LogP contribution >= 0.6 is 12.4 Å². The van der Waals surface area contributed by atoms with Gasteiger partial charge in [0.05, 0.1) is 12.5 Å². The molecule has 0 spiro atoms. The maximum atomic E-state index is 11.9. The van der Waals surface area contributed by atoms with E-state index in [1.165, 1.54) is 0 Å². The van der Waals surface area contributed by atoms with Crippen LogP contribution in [0.25, 0.3) is 0 Å². The van der Waals surface area contributed by atoms with Crippen molar-refractivity contribution < 1.29 is 9.53 Å². The Labute approximate surface area is 126 Å². The summed E-state index contributed by atoms with van der Waals surface area (Å²) in [5.74, 6) is 0.0357. The maximum Gasteiger partial charge on any atom is 0.226 e. The van der Waals surface area contributed by atoms with E-state index in [9.17, 15) is 4.79 Å². The van der Waals surface area contributed by atoms with E-state index in [2.05, 4.69) is 10.6 Å². The summed E-state index contributed by atoms with van der Waals surface area (Å²) in [5.41, 5.74) is 2.02. The highest BCUT2D eigenvalue weighted by Gasteiger charge is 2.17. The number of hydrogen-bond acceptors (Lipinski definition) is 3. The predicted octanol–water partition coefficient (Wildman–Crippen LogP) is 2.73. The van der Waals surface area contributed by atoms with E-state index in [1.807, 2.05) is 31.3 Å². The van der Waals surface area contributed by atoms with E-state index >= 15 is 0 Å². The maximum absolute atomic E-state index is 11.9. The zero-order valence-electron chi connectivity index (χ0n) is 11.9. The molecular formula is C15H23ClN2O2. The Bertz CT molecular complexity index is 420. The summed E-state index contributed by atoms with van der Waals surface area (Å²) in [6, 6.07) is 7.91. The Morgan fingerprint density at radius 1 is 1.40 bits per heavy atom. The third-order valence-corrected chi connectivity index (χ3v) is 3.28. The third-order valence-electron chi connectivity index (χ3n) is 3.28. The van der Waals surface area contributed by atoms with Crippen molar-refractivity contribution in [2.75, 3.05) is 19.0 Å².